The van der Waals surface area contributed by atoms with Crippen molar-refractivity contribution < 1.29 is 14.0 Å². The zero-order valence-corrected chi connectivity index (χ0v) is 20.3. The molecule has 0 N–H and O–H groups in total. The van der Waals surface area contributed by atoms with Gasteiger partial charge in [0.1, 0.15) is 5.58 Å². The van der Waals surface area contributed by atoms with Crippen molar-refractivity contribution in [1.29, 1.82) is 0 Å². The average molecular weight is 517 g/mol. The third-order valence-corrected chi connectivity index (χ3v) is 7.40. The van der Waals surface area contributed by atoms with Crippen LogP contribution in [-0.4, -0.2) is 23.3 Å². The Labute approximate surface area is 215 Å². The van der Waals surface area contributed by atoms with E-state index in [9.17, 15) is 14.4 Å². The molecule has 1 aromatic heterocycles. The molecule has 2 aliphatic heterocycles. The summed E-state index contributed by atoms with van der Waals surface area (Å²) in [6.45, 7) is 3.97. The predicted octanol–water partition coefficient (Wildman–Crippen LogP) is 5.53. The smallest absolute Gasteiger partial charge is 0.291 e. The number of para-hydroxylation sites is 1. The molecule has 4 aromatic rings. The van der Waals surface area contributed by atoms with Crippen LogP contribution in [0.1, 0.15) is 27.2 Å². The van der Waals surface area contributed by atoms with E-state index in [1.807, 2.05) is 24.3 Å². The number of carbonyl (C=O) groups is 2. The minimum atomic E-state index is -1.71. The molecule has 1 unspecified atom stereocenters. The Morgan fingerprint density at radius 1 is 0.972 bits per heavy atom. The van der Waals surface area contributed by atoms with E-state index in [1.165, 1.54) is 17.0 Å². The summed E-state index contributed by atoms with van der Waals surface area (Å²) in [7, 11) is 0. The first-order valence-corrected chi connectivity index (χ1v) is 12.0. The van der Waals surface area contributed by atoms with Crippen molar-refractivity contribution in [3.8, 4) is 0 Å². The van der Waals surface area contributed by atoms with Crippen LogP contribution >= 0.6 is 23.2 Å². The maximum atomic E-state index is 14.5. The molecular weight excluding hydrogens is 499 g/mol. The van der Waals surface area contributed by atoms with E-state index in [-0.39, 0.29) is 35.4 Å². The van der Waals surface area contributed by atoms with Crippen molar-refractivity contribution >= 4 is 51.7 Å². The molecule has 6 rings (SSSR count). The van der Waals surface area contributed by atoms with E-state index in [1.54, 1.807) is 41.3 Å². The summed E-state index contributed by atoms with van der Waals surface area (Å²) in [6.07, 6.45) is 1.53. The van der Waals surface area contributed by atoms with Gasteiger partial charge in [0.05, 0.1) is 23.2 Å². The number of hydrogen-bond acceptors (Lipinski definition) is 4. The Hall–Kier alpha value is -3.87. The van der Waals surface area contributed by atoms with Crippen molar-refractivity contribution in [3.63, 3.8) is 0 Å². The third-order valence-electron chi connectivity index (χ3n) is 6.80. The number of rotatable bonds is 4. The number of benzene rings is 3. The van der Waals surface area contributed by atoms with E-state index < -0.39 is 22.8 Å². The van der Waals surface area contributed by atoms with Crippen LogP contribution in [0.4, 0.5) is 5.69 Å². The molecule has 3 heterocycles. The van der Waals surface area contributed by atoms with Crippen LogP contribution in [0.25, 0.3) is 11.0 Å². The van der Waals surface area contributed by atoms with Crippen molar-refractivity contribution in [2.24, 2.45) is 0 Å². The van der Waals surface area contributed by atoms with Gasteiger partial charge in [0.25, 0.3) is 11.8 Å². The van der Waals surface area contributed by atoms with Crippen molar-refractivity contribution in [3.05, 3.63) is 122 Å². The Balaban J connectivity index is 1.67. The highest BCUT2D eigenvalue weighted by atomic mass is 35.5. The van der Waals surface area contributed by atoms with Crippen molar-refractivity contribution in [2.75, 3.05) is 11.4 Å². The number of carbonyl (C=O) groups excluding carboxylic acids is 2. The molecule has 8 heteroatoms. The number of fused-ring (bicyclic) bond motifs is 5. The van der Waals surface area contributed by atoms with E-state index in [4.69, 9.17) is 27.6 Å². The molecule has 2 aliphatic rings. The molecule has 0 radical (unpaired) electrons. The third kappa shape index (κ3) is 2.89. The van der Waals surface area contributed by atoms with Gasteiger partial charge in [-0.3, -0.25) is 14.4 Å². The van der Waals surface area contributed by atoms with Crippen LogP contribution in [0.15, 0.2) is 88.6 Å². The molecule has 0 aliphatic carbocycles. The number of halogens is 2. The second-order valence-electron chi connectivity index (χ2n) is 8.69. The second kappa shape index (κ2) is 8.08. The largest absolute Gasteiger partial charge is 0.450 e. The van der Waals surface area contributed by atoms with Crippen LogP contribution < -0.4 is 10.3 Å². The summed E-state index contributed by atoms with van der Waals surface area (Å²) in [4.78, 5) is 45.1. The summed E-state index contributed by atoms with van der Waals surface area (Å²) in [6, 6.07) is 19.0. The minimum Gasteiger partial charge on any atom is -0.450 e. The molecule has 1 spiro atoms. The Kier molecular flexibility index (Phi) is 5.07. The molecule has 0 fully saturated rings. The van der Waals surface area contributed by atoms with Crippen LogP contribution in [0, 0.1) is 0 Å². The van der Waals surface area contributed by atoms with Gasteiger partial charge in [-0.15, -0.1) is 6.58 Å². The van der Waals surface area contributed by atoms with Crippen LogP contribution in [0.2, 0.25) is 10.0 Å². The van der Waals surface area contributed by atoms with Crippen LogP contribution in [0.5, 0.6) is 0 Å². The normalized spacial score (nSPS) is 18.3. The Morgan fingerprint density at radius 3 is 2.50 bits per heavy atom. The van der Waals surface area contributed by atoms with Gasteiger partial charge in [-0.05, 0) is 35.9 Å². The van der Waals surface area contributed by atoms with E-state index in [2.05, 4.69) is 6.58 Å². The average Bonchev–Trinajstić information content (AvgIpc) is 3.26. The molecule has 0 saturated carbocycles. The highest BCUT2D eigenvalue weighted by Crippen LogP contribution is 2.53. The first-order valence-electron chi connectivity index (χ1n) is 11.2. The number of amides is 2. The van der Waals surface area contributed by atoms with Crippen molar-refractivity contribution in [2.45, 2.75) is 12.1 Å². The highest BCUT2D eigenvalue weighted by Gasteiger charge is 2.64. The maximum absolute atomic E-state index is 14.5. The van der Waals surface area contributed by atoms with Gasteiger partial charge in [0.2, 0.25) is 5.76 Å². The van der Waals surface area contributed by atoms with Gasteiger partial charge in [-0.2, -0.15) is 0 Å². The Morgan fingerprint density at radius 2 is 1.72 bits per heavy atom. The number of anilines is 1. The van der Waals surface area contributed by atoms with Crippen molar-refractivity contribution in [1.82, 2.24) is 4.90 Å². The topological polar surface area (TPSA) is 70.8 Å². The van der Waals surface area contributed by atoms with Crippen LogP contribution in [-0.2, 0) is 16.9 Å². The molecule has 1 atom stereocenters. The summed E-state index contributed by atoms with van der Waals surface area (Å²) in [5.41, 5.74) is -0.141. The molecule has 0 bridgehead atoms. The van der Waals surface area contributed by atoms with Crippen LogP contribution in [0.3, 0.4) is 0 Å². The molecular formula is C28H18Cl2N2O4. The van der Waals surface area contributed by atoms with Gasteiger partial charge < -0.3 is 14.2 Å². The lowest BCUT2D eigenvalue weighted by Crippen LogP contribution is -2.53. The molecule has 2 amide bonds. The van der Waals surface area contributed by atoms with Gasteiger partial charge in [0.15, 0.2) is 11.0 Å². The monoisotopic (exact) mass is 516 g/mol. The van der Waals surface area contributed by atoms with E-state index >= 15 is 0 Å². The van der Waals surface area contributed by atoms with Gasteiger partial charge in [-0.25, -0.2) is 0 Å². The molecule has 3 aromatic carbocycles. The van der Waals surface area contributed by atoms with E-state index in [0.29, 0.717) is 21.3 Å². The summed E-state index contributed by atoms with van der Waals surface area (Å²) < 4.78 is 5.98. The SMILES string of the molecule is C=CCN1C(=O)c2oc3ccc(Cl)cc3c(=O)c2C12C(=O)N(Cc1ccccc1Cl)c1ccccc12. The quantitative estimate of drug-likeness (QED) is 0.334. The lowest BCUT2D eigenvalue weighted by Gasteiger charge is -2.33. The fourth-order valence-electron chi connectivity index (χ4n) is 5.30. The molecule has 178 valence electrons. The molecule has 0 saturated heterocycles. The van der Waals surface area contributed by atoms with Gasteiger partial charge in [-0.1, -0.05) is 65.7 Å². The highest BCUT2D eigenvalue weighted by molar-refractivity contribution is 6.31. The first kappa shape index (κ1) is 22.6. The van der Waals surface area contributed by atoms with E-state index in [0.717, 1.165) is 5.56 Å². The maximum Gasteiger partial charge on any atom is 0.291 e. The summed E-state index contributed by atoms with van der Waals surface area (Å²) in [5, 5.41) is 1.05. The minimum absolute atomic E-state index is 0.0109. The fourth-order valence-corrected chi connectivity index (χ4v) is 5.66. The Bertz CT molecular complexity index is 1680. The zero-order chi connectivity index (χ0) is 25.2. The summed E-state index contributed by atoms with van der Waals surface area (Å²) >= 11 is 12.6. The molecule has 6 nitrogen and oxygen atoms in total. The number of hydrogen-bond donors (Lipinski definition) is 0. The standard InChI is InChI=1S/C28H18Cl2N2O4/c1-2-13-32-26(34)25-23(24(33)18-14-17(29)11-12-22(18)36-25)28(32)19-8-4-6-10-21(19)31(27(28)35)15-16-7-3-5-9-20(16)30/h2-12,14H,1,13,15H2. The van der Waals surface area contributed by atoms with Gasteiger partial charge in [0, 0.05) is 22.2 Å². The number of nitrogens with zero attached hydrogens (tertiary/aromatic N) is 2. The lowest BCUT2D eigenvalue weighted by atomic mass is 9.84. The second-order valence-corrected chi connectivity index (χ2v) is 9.53. The lowest BCUT2D eigenvalue weighted by molar-refractivity contribution is -0.126. The van der Waals surface area contributed by atoms with Gasteiger partial charge >= 0.3 is 0 Å². The molecule has 36 heavy (non-hydrogen) atoms. The predicted molar refractivity (Wildman–Crippen MR) is 139 cm³/mol. The fraction of sp³-hybridized carbons (Fsp3) is 0.107. The summed E-state index contributed by atoms with van der Waals surface area (Å²) in [5.74, 6) is -1.15. The zero-order valence-electron chi connectivity index (χ0n) is 18.8. The first-order chi connectivity index (χ1) is 17.4.